The highest BCUT2D eigenvalue weighted by Crippen LogP contribution is 2.37. The van der Waals surface area contributed by atoms with E-state index in [0.29, 0.717) is 41.7 Å². The number of rotatable bonds is 9. The van der Waals surface area contributed by atoms with E-state index in [1.807, 2.05) is 44.2 Å². The predicted octanol–water partition coefficient (Wildman–Crippen LogP) is 5.68. The summed E-state index contributed by atoms with van der Waals surface area (Å²) in [7, 11) is 0. The minimum atomic E-state index is -0.263. The largest absolute Gasteiger partial charge is 0.492 e. The van der Waals surface area contributed by atoms with Gasteiger partial charge < -0.3 is 20.1 Å². The summed E-state index contributed by atoms with van der Waals surface area (Å²) in [5, 5.41) is 5.78. The zero-order chi connectivity index (χ0) is 22.9. The van der Waals surface area contributed by atoms with Gasteiger partial charge in [0.25, 0.3) is 5.91 Å². The molecule has 7 heteroatoms. The molecule has 3 aromatic rings. The monoisotopic (exact) mass is 496 g/mol. The van der Waals surface area contributed by atoms with Gasteiger partial charge in [-0.1, -0.05) is 46.3 Å². The summed E-state index contributed by atoms with van der Waals surface area (Å²) in [6.45, 7) is 4.50. The van der Waals surface area contributed by atoms with Gasteiger partial charge in [-0.05, 0) is 43.7 Å². The molecular formula is C25H25BrN2O4. The molecule has 0 saturated carbocycles. The van der Waals surface area contributed by atoms with E-state index in [-0.39, 0.29) is 18.2 Å². The Kier molecular flexibility index (Phi) is 8.27. The highest BCUT2D eigenvalue weighted by atomic mass is 79.9. The standard InChI is InChI=1S/C25H25BrN2O4/c1-3-31-22-16-21(28-25(30)18-8-6-5-7-9-18)23(32-4-2)15-20(22)27-24(29)14-17-10-12-19(26)13-11-17/h5-13,15-16H,3-4,14H2,1-2H3,(H,27,29)(H,28,30). The first-order chi connectivity index (χ1) is 15.5. The molecule has 0 atom stereocenters. The number of halogens is 1. The summed E-state index contributed by atoms with van der Waals surface area (Å²) in [4.78, 5) is 25.3. The van der Waals surface area contributed by atoms with Gasteiger partial charge in [0.05, 0.1) is 31.0 Å². The van der Waals surface area contributed by atoms with Crippen LogP contribution in [0.1, 0.15) is 29.8 Å². The molecule has 3 rings (SSSR count). The number of carbonyl (C=O) groups excluding carboxylic acids is 2. The highest BCUT2D eigenvalue weighted by Gasteiger charge is 2.17. The molecule has 2 N–H and O–H groups in total. The lowest BCUT2D eigenvalue weighted by Gasteiger charge is -2.18. The molecule has 0 aliphatic heterocycles. The van der Waals surface area contributed by atoms with E-state index in [9.17, 15) is 9.59 Å². The lowest BCUT2D eigenvalue weighted by Crippen LogP contribution is -2.17. The summed E-state index contributed by atoms with van der Waals surface area (Å²) in [5.74, 6) is 0.445. The van der Waals surface area contributed by atoms with Crippen molar-refractivity contribution in [1.82, 2.24) is 0 Å². The van der Waals surface area contributed by atoms with Crippen molar-refractivity contribution in [2.75, 3.05) is 23.8 Å². The number of benzene rings is 3. The summed E-state index contributed by atoms with van der Waals surface area (Å²) >= 11 is 3.39. The molecular weight excluding hydrogens is 472 g/mol. The van der Waals surface area contributed by atoms with Crippen LogP contribution in [0.15, 0.2) is 71.2 Å². The Morgan fingerprint density at radius 3 is 1.94 bits per heavy atom. The second-order valence-corrected chi connectivity index (χ2v) is 7.80. The number of anilines is 2. The first-order valence-corrected chi connectivity index (χ1v) is 11.1. The summed E-state index contributed by atoms with van der Waals surface area (Å²) in [5.41, 5.74) is 2.37. The molecule has 2 amide bonds. The second-order valence-electron chi connectivity index (χ2n) is 6.88. The van der Waals surface area contributed by atoms with Crippen molar-refractivity contribution < 1.29 is 19.1 Å². The van der Waals surface area contributed by atoms with Gasteiger partial charge in [-0.3, -0.25) is 9.59 Å². The average Bonchev–Trinajstić information content (AvgIpc) is 2.79. The fraction of sp³-hybridized carbons (Fsp3) is 0.200. The van der Waals surface area contributed by atoms with Crippen LogP contribution >= 0.6 is 15.9 Å². The van der Waals surface area contributed by atoms with Gasteiger partial charge in [-0.25, -0.2) is 0 Å². The van der Waals surface area contributed by atoms with Crippen LogP contribution in [-0.2, 0) is 11.2 Å². The van der Waals surface area contributed by atoms with Crippen molar-refractivity contribution >= 4 is 39.1 Å². The lowest BCUT2D eigenvalue weighted by molar-refractivity contribution is -0.115. The Morgan fingerprint density at radius 2 is 1.38 bits per heavy atom. The van der Waals surface area contributed by atoms with Crippen LogP contribution in [0.2, 0.25) is 0 Å². The van der Waals surface area contributed by atoms with Crippen molar-refractivity contribution in [3.8, 4) is 11.5 Å². The average molecular weight is 497 g/mol. The second kappa shape index (κ2) is 11.3. The van der Waals surface area contributed by atoms with Gasteiger partial charge in [0, 0.05) is 22.2 Å². The fourth-order valence-corrected chi connectivity index (χ4v) is 3.34. The van der Waals surface area contributed by atoms with Gasteiger partial charge >= 0.3 is 0 Å². The summed E-state index contributed by atoms with van der Waals surface area (Å²) < 4.78 is 12.4. The molecule has 0 aliphatic rings. The minimum Gasteiger partial charge on any atom is -0.492 e. The van der Waals surface area contributed by atoms with Crippen molar-refractivity contribution in [2.45, 2.75) is 20.3 Å². The quantitative estimate of drug-likeness (QED) is 0.399. The van der Waals surface area contributed by atoms with Crippen LogP contribution < -0.4 is 20.1 Å². The summed E-state index contributed by atoms with van der Waals surface area (Å²) in [6.07, 6.45) is 0.218. The maximum absolute atomic E-state index is 12.7. The molecule has 0 bridgehead atoms. The molecule has 0 radical (unpaired) electrons. The van der Waals surface area contributed by atoms with Crippen LogP contribution in [0.5, 0.6) is 11.5 Å². The van der Waals surface area contributed by atoms with E-state index in [0.717, 1.165) is 10.0 Å². The lowest BCUT2D eigenvalue weighted by atomic mass is 10.1. The highest BCUT2D eigenvalue weighted by molar-refractivity contribution is 9.10. The number of amides is 2. The normalized spacial score (nSPS) is 10.3. The number of hydrogen-bond acceptors (Lipinski definition) is 4. The Hall–Kier alpha value is -3.32. The van der Waals surface area contributed by atoms with Crippen molar-refractivity contribution in [3.05, 3.63) is 82.3 Å². The van der Waals surface area contributed by atoms with Crippen LogP contribution in [0, 0.1) is 0 Å². The third kappa shape index (κ3) is 6.34. The zero-order valence-corrected chi connectivity index (χ0v) is 19.6. The topological polar surface area (TPSA) is 76.7 Å². The van der Waals surface area contributed by atoms with Gasteiger partial charge in [-0.2, -0.15) is 0 Å². The molecule has 0 aromatic heterocycles. The van der Waals surface area contributed by atoms with Crippen molar-refractivity contribution in [3.63, 3.8) is 0 Å². The van der Waals surface area contributed by atoms with Crippen molar-refractivity contribution in [2.24, 2.45) is 0 Å². The van der Waals surface area contributed by atoms with Crippen LogP contribution in [-0.4, -0.2) is 25.0 Å². The van der Waals surface area contributed by atoms with Crippen LogP contribution in [0.3, 0.4) is 0 Å². The fourth-order valence-electron chi connectivity index (χ4n) is 3.07. The third-order valence-electron chi connectivity index (χ3n) is 4.52. The predicted molar refractivity (Wildman–Crippen MR) is 130 cm³/mol. The maximum Gasteiger partial charge on any atom is 0.255 e. The first kappa shape index (κ1) is 23.3. The van der Waals surface area contributed by atoms with Gasteiger partial charge in [0.15, 0.2) is 0 Å². The molecule has 0 unspecified atom stereocenters. The molecule has 3 aromatic carbocycles. The Bertz CT molecular complexity index is 1070. The van der Waals surface area contributed by atoms with E-state index in [1.165, 1.54) is 0 Å². The minimum absolute atomic E-state index is 0.184. The number of ether oxygens (including phenoxy) is 2. The molecule has 32 heavy (non-hydrogen) atoms. The Labute approximate surface area is 196 Å². The third-order valence-corrected chi connectivity index (χ3v) is 5.05. The molecule has 6 nitrogen and oxygen atoms in total. The number of carbonyl (C=O) groups is 2. The maximum atomic E-state index is 12.7. The van der Waals surface area contributed by atoms with E-state index < -0.39 is 0 Å². The van der Waals surface area contributed by atoms with Crippen LogP contribution in [0.25, 0.3) is 0 Å². The van der Waals surface area contributed by atoms with Gasteiger partial charge in [-0.15, -0.1) is 0 Å². The SMILES string of the molecule is CCOc1cc(NC(=O)c2ccccc2)c(OCC)cc1NC(=O)Cc1ccc(Br)cc1. The smallest absolute Gasteiger partial charge is 0.255 e. The number of hydrogen-bond donors (Lipinski definition) is 2. The number of nitrogens with one attached hydrogen (secondary N) is 2. The van der Waals surface area contributed by atoms with E-state index in [1.54, 1.807) is 36.4 Å². The Balaban J connectivity index is 1.85. The van der Waals surface area contributed by atoms with Gasteiger partial charge in [0.2, 0.25) is 5.91 Å². The Morgan fingerprint density at radius 1 is 0.812 bits per heavy atom. The van der Waals surface area contributed by atoms with E-state index in [2.05, 4.69) is 26.6 Å². The zero-order valence-electron chi connectivity index (χ0n) is 18.0. The van der Waals surface area contributed by atoms with Crippen molar-refractivity contribution in [1.29, 1.82) is 0 Å². The molecule has 0 heterocycles. The van der Waals surface area contributed by atoms with E-state index >= 15 is 0 Å². The van der Waals surface area contributed by atoms with Crippen LogP contribution in [0.4, 0.5) is 11.4 Å². The molecule has 166 valence electrons. The van der Waals surface area contributed by atoms with E-state index in [4.69, 9.17) is 9.47 Å². The first-order valence-electron chi connectivity index (χ1n) is 10.3. The molecule has 0 aliphatic carbocycles. The molecule has 0 saturated heterocycles. The molecule has 0 spiro atoms. The molecule has 0 fully saturated rings. The van der Waals surface area contributed by atoms with Gasteiger partial charge in [0.1, 0.15) is 11.5 Å². The summed E-state index contributed by atoms with van der Waals surface area (Å²) in [6, 6.07) is 19.8.